The molecule has 3 rings (SSSR count). The first-order chi connectivity index (χ1) is 11.4. The van der Waals surface area contributed by atoms with Crippen LogP contribution < -0.4 is 5.32 Å². The van der Waals surface area contributed by atoms with E-state index in [1.165, 1.54) is 5.56 Å². The van der Waals surface area contributed by atoms with Gasteiger partial charge in [0.05, 0.1) is 17.5 Å². The van der Waals surface area contributed by atoms with Crippen LogP contribution in [0.3, 0.4) is 0 Å². The number of aromatic nitrogens is 2. The molecule has 2 N–H and O–H groups in total. The van der Waals surface area contributed by atoms with E-state index in [0.29, 0.717) is 5.92 Å². The lowest BCUT2D eigenvalue weighted by Crippen LogP contribution is -2.35. The highest BCUT2D eigenvalue weighted by atomic mass is 32.1. The van der Waals surface area contributed by atoms with Crippen molar-refractivity contribution in [3.63, 3.8) is 0 Å². The first-order valence-electron chi connectivity index (χ1n) is 8.13. The molecule has 4 nitrogen and oxygen atoms in total. The first-order valence-corrected chi connectivity index (χ1v) is 9.01. The summed E-state index contributed by atoms with van der Waals surface area (Å²) in [5.41, 5.74) is 3.17. The average Bonchev–Trinajstić information content (AvgIpc) is 3.00. The van der Waals surface area contributed by atoms with Gasteiger partial charge in [0.15, 0.2) is 0 Å². The van der Waals surface area contributed by atoms with Crippen LogP contribution in [-0.4, -0.2) is 27.2 Å². The van der Waals surface area contributed by atoms with Crippen LogP contribution in [0.2, 0.25) is 0 Å². The van der Waals surface area contributed by atoms with Crippen molar-refractivity contribution in [2.24, 2.45) is 0 Å². The number of anilines is 1. The van der Waals surface area contributed by atoms with Gasteiger partial charge in [0.1, 0.15) is 17.0 Å². The minimum Gasteiger partial charge on any atom is -0.394 e. The van der Waals surface area contributed by atoms with Gasteiger partial charge in [0.25, 0.3) is 0 Å². The molecule has 0 saturated carbocycles. The number of fused-ring (bicyclic) bond motifs is 1. The largest absolute Gasteiger partial charge is 0.394 e. The fourth-order valence-corrected chi connectivity index (χ4v) is 3.51. The molecule has 0 aliphatic rings. The molecule has 0 saturated heterocycles. The zero-order valence-corrected chi connectivity index (χ0v) is 15.3. The van der Waals surface area contributed by atoms with Crippen molar-refractivity contribution in [2.75, 3.05) is 11.9 Å². The summed E-state index contributed by atoms with van der Waals surface area (Å²) in [5.74, 6) is 1.28. The number of aliphatic hydroxyl groups excluding tert-OH is 1. The Hall–Kier alpha value is -1.98. The van der Waals surface area contributed by atoms with E-state index < -0.39 is 5.54 Å². The maximum Gasteiger partial charge on any atom is 0.139 e. The molecule has 0 radical (unpaired) electrons. The molecule has 126 valence electrons. The maximum atomic E-state index is 9.54. The van der Waals surface area contributed by atoms with E-state index in [0.717, 1.165) is 27.2 Å². The summed E-state index contributed by atoms with van der Waals surface area (Å²) in [6, 6.07) is 8.67. The third-order valence-corrected chi connectivity index (χ3v) is 5.00. The van der Waals surface area contributed by atoms with Crippen molar-refractivity contribution in [1.82, 2.24) is 9.97 Å². The molecule has 0 atom stereocenters. The Bertz CT molecular complexity index is 837. The van der Waals surface area contributed by atoms with E-state index in [9.17, 15) is 5.11 Å². The second-order valence-electron chi connectivity index (χ2n) is 7.00. The Morgan fingerprint density at radius 1 is 1.17 bits per heavy atom. The standard InChI is InChI=1S/C19H23N3OS/c1-12(2)13-5-7-14(8-6-13)15-9-24-18-16(15)17(20-11-21-18)22-19(3,4)10-23/h5-9,11-12,23H,10H2,1-4H3,(H,20,21,22). The molecule has 2 heterocycles. The Balaban J connectivity index is 2.09. The molecule has 5 heteroatoms. The van der Waals surface area contributed by atoms with Crippen LogP contribution in [0, 0.1) is 0 Å². The van der Waals surface area contributed by atoms with Gasteiger partial charge in [0.2, 0.25) is 0 Å². The minimum atomic E-state index is -0.442. The molecule has 0 aliphatic heterocycles. The molecule has 0 spiro atoms. The van der Waals surface area contributed by atoms with Gasteiger partial charge in [-0.05, 0) is 30.9 Å². The van der Waals surface area contributed by atoms with E-state index in [4.69, 9.17) is 0 Å². The van der Waals surface area contributed by atoms with Crippen molar-refractivity contribution in [2.45, 2.75) is 39.2 Å². The molecule has 0 aliphatic carbocycles. The molecule has 0 amide bonds. The summed E-state index contributed by atoms with van der Waals surface area (Å²) in [5, 5.41) is 16.0. The summed E-state index contributed by atoms with van der Waals surface area (Å²) < 4.78 is 0. The smallest absolute Gasteiger partial charge is 0.139 e. The van der Waals surface area contributed by atoms with Gasteiger partial charge in [-0.3, -0.25) is 0 Å². The van der Waals surface area contributed by atoms with Crippen LogP contribution in [0.15, 0.2) is 36.0 Å². The molecule has 3 aromatic rings. The van der Waals surface area contributed by atoms with Crippen molar-refractivity contribution < 1.29 is 5.11 Å². The number of rotatable bonds is 5. The van der Waals surface area contributed by atoms with E-state index >= 15 is 0 Å². The van der Waals surface area contributed by atoms with Gasteiger partial charge in [-0.15, -0.1) is 11.3 Å². The predicted molar refractivity (Wildman–Crippen MR) is 102 cm³/mol. The second kappa shape index (κ2) is 6.49. The van der Waals surface area contributed by atoms with Gasteiger partial charge < -0.3 is 10.4 Å². The fraction of sp³-hybridized carbons (Fsp3) is 0.368. The fourth-order valence-electron chi connectivity index (χ4n) is 2.59. The topological polar surface area (TPSA) is 58.0 Å². The quantitative estimate of drug-likeness (QED) is 0.708. The van der Waals surface area contributed by atoms with E-state index in [1.54, 1.807) is 17.7 Å². The van der Waals surface area contributed by atoms with Crippen molar-refractivity contribution in [1.29, 1.82) is 0 Å². The maximum absolute atomic E-state index is 9.54. The van der Waals surface area contributed by atoms with Gasteiger partial charge in [-0.25, -0.2) is 9.97 Å². The molecule has 0 bridgehead atoms. The Morgan fingerprint density at radius 2 is 1.88 bits per heavy atom. The van der Waals surface area contributed by atoms with E-state index in [-0.39, 0.29) is 6.61 Å². The van der Waals surface area contributed by atoms with Gasteiger partial charge >= 0.3 is 0 Å². The van der Waals surface area contributed by atoms with Crippen LogP contribution in [0.25, 0.3) is 21.3 Å². The number of hydrogen-bond donors (Lipinski definition) is 2. The third kappa shape index (κ3) is 3.28. The Kier molecular flexibility index (Phi) is 4.56. The predicted octanol–water partition coefficient (Wildman–Crippen LogP) is 4.66. The molecular formula is C19H23N3OS. The Morgan fingerprint density at radius 3 is 2.50 bits per heavy atom. The van der Waals surface area contributed by atoms with Crippen LogP contribution in [-0.2, 0) is 0 Å². The molecular weight excluding hydrogens is 318 g/mol. The lowest BCUT2D eigenvalue weighted by molar-refractivity contribution is 0.234. The number of nitrogens with one attached hydrogen (secondary N) is 1. The molecule has 0 unspecified atom stereocenters. The lowest BCUT2D eigenvalue weighted by Gasteiger charge is -2.24. The van der Waals surface area contributed by atoms with Gasteiger partial charge in [0, 0.05) is 10.9 Å². The zero-order valence-electron chi connectivity index (χ0n) is 14.5. The van der Waals surface area contributed by atoms with E-state index in [2.05, 4.69) is 58.8 Å². The summed E-state index contributed by atoms with van der Waals surface area (Å²) in [6.07, 6.45) is 1.57. The van der Waals surface area contributed by atoms with Crippen molar-refractivity contribution in [3.05, 3.63) is 41.5 Å². The third-order valence-electron chi connectivity index (χ3n) is 4.11. The summed E-state index contributed by atoms with van der Waals surface area (Å²) in [4.78, 5) is 9.76. The van der Waals surface area contributed by atoms with Crippen molar-refractivity contribution >= 4 is 27.4 Å². The summed E-state index contributed by atoms with van der Waals surface area (Å²) >= 11 is 1.61. The average molecular weight is 341 g/mol. The second-order valence-corrected chi connectivity index (χ2v) is 7.85. The van der Waals surface area contributed by atoms with Crippen LogP contribution in [0.5, 0.6) is 0 Å². The highest BCUT2D eigenvalue weighted by molar-refractivity contribution is 7.17. The Labute approximate surface area is 146 Å². The van der Waals surface area contributed by atoms with Gasteiger partial charge in [-0.2, -0.15) is 0 Å². The number of nitrogens with zero attached hydrogens (tertiary/aromatic N) is 2. The summed E-state index contributed by atoms with van der Waals surface area (Å²) in [7, 11) is 0. The van der Waals surface area contributed by atoms with Gasteiger partial charge in [-0.1, -0.05) is 38.1 Å². The number of benzene rings is 1. The summed E-state index contributed by atoms with van der Waals surface area (Å²) in [6.45, 7) is 8.32. The highest BCUT2D eigenvalue weighted by Crippen LogP contribution is 2.37. The first kappa shape index (κ1) is 16.9. The number of aliphatic hydroxyl groups is 1. The highest BCUT2D eigenvalue weighted by Gasteiger charge is 2.20. The van der Waals surface area contributed by atoms with Crippen LogP contribution >= 0.6 is 11.3 Å². The number of thiophene rings is 1. The zero-order chi connectivity index (χ0) is 17.3. The molecule has 0 fully saturated rings. The monoisotopic (exact) mass is 341 g/mol. The molecule has 2 aromatic heterocycles. The van der Waals surface area contributed by atoms with Crippen LogP contribution in [0.1, 0.15) is 39.2 Å². The normalized spacial score (nSPS) is 12.1. The minimum absolute atomic E-state index is 0.0288. The lowest BCUT2D eigenvalue weighted by atomic mass is 9.98. The molecule has 24 heavy (non-hydrogen) atoms. The number of hydrogen-bond acceptors (Lipinski definition) is 5. The molecule has 1 aromatic carbocycles. The SMILES string of the molecule is CC(C)c1ccc(-c2csc3ncnc(NC(C)(C)CO)c23)cc1. The van der Waals surface area contributed by atoms with Crippen LogP contribution in [0.4, 0.5) is 5.82 Å². The van der Waals surface area contributed by atoms with Crippen molar-refractivity contribution in [3.8, 4) is 11.1 Å². The van der Waals surface area contributed by atoms with E-state index in [1.807, 2.05) is 13.8 Å².